The van der Waals surface area contributed by atoms with Crippen molar-refractivity contribution < 1.29 is 4.90 Å². The van der Waals surface area contributed by atoms with Gasteiger partial charge in [0, 0.05) is 11.6 Å². The molecule has 1 saturated heterocycles. The molecule has 0 aliphatic carbocycles. The molecule has 2 aliphatic heterocycles. The number of allylic oxidation sites excluding steroid dienone is 2. The normalized spacial score (nSPS) is 35.1. The molecule has 0 spiro atoms. The van der Waals surface area contributed by atoms with E-state index in [1.165, 1.54) is 30.8 Å². The van der Waals surface area contributed by atoms with Gasteiger partial charge in [-0.05, 0) is 32.5 Å². The number of likely N-dealkylation sites (N-methyl/N-ethyl adjacent to an activating group) is 2. The fourth-order valence-electron chi connectivity index (χ4n) is 2.38. The monoisotopic (exact) mass is 179 g/mol. The van der Waals surface area contributed by atoms with Crippen LogP contribution in [0.2, 0.25) is 0 Å². The minimum atomic E-state index is 0.722. The highest BCUT2D eigenvalue weighted by Gasteiger charge is 2.26. The van der Waals surface area contributed by atoms with Crippen LogP contribution in [0.1, 0.15) is 12.8 Å². The first-order valence-corrected chi connectivity index (χ1v) is 5.17. The van der Waals surface area contributed by atoms with Crippen LogP contribution in [0.3, 0.4) is 0 Å². The molecule has 0 aromatic heterocycles. The van der Waals surface area contributed by atoms with Gasteiger partial charge in [0.1, 0.15) is 6.54 Å². The highest BCUT2D eigenvalue weighted by Crippen LogP contribution is 2.21. The highest BCUT2D eigenvalue weighted by molar-refractivity contribution is 5.20. The van der Waals surface area contributed by atoms with Crippen LogP contribution < -0.4 is 4.90 Å². The van der Waals surface area contributed by atoms with Crippen molar-refractivity contribution in [2.75, 3.05) is 27.2 Å². The molecule has 1 fully saturated rings. The summed E-state index contributed by atoms with van der Waals surface area (Å²) in [5.74, 6) is 0. The first-order valence-electron chi connectivity index (χ1n) is 5.17. The number of hydrogen-bond donors (Lipinski definition) is 1. The van der Waals surface area contributed by atoms with Gasteiger partial charge in [-0.1, -0.05) is 6.08 Å². The van der Waals surface area contributed by atoms with Gasteiger partial charge in [-0.3, -0.25) is 4.90 Å². The number of hydrogen-bond acceptors (Lipinski definition) is 1. The molecule has 2 heterocycles. The largest absolute Gasteiger partial charge is 0.308 e. The maximum atomic E-state index is 2.48. The molecule has 2 heteroatoms. The summed E-state index contributed by atoms with van der Waals surface area (Å²) >= 11 is 0. The lowest BCUT2D eigenvalue weighted by molar-refractivity contribution is -0.820. The number of nitrogens with zero attached hydrogens (tertiary/aromatic N) is 1. The van der Waals surface area contributed by atoms with Gasteiger partial charge in [0.05, 0.1) is 13.2 Å². The second kappa shape index (κ2) is 3.64. The summed E-state index contributed by atoms with van der Waals surface area (Å²) in [5.41, 5.74) is 1.61. The maximum Gasteiger partial charge on any atom is 0.105 e. The number of likely N-dealkylation sites (tertiary alicyclic amines) is 1. The molecule has 2 nitrogen and oxygen atoms in total. The molecule has 0 aromatic rings. The number of nitrogens with one attached hydrogen (secondary N) is 1. The van der Waals surface area contributed by atoms with E-state index >= 15 is 0 Å². The highest BCUT2D eigenvalue weighted by atomic mass is 15.2. The third kappa shape index (κ3) is 1.84. The standard InChI is InChI=1S/C11H18N2/c1-12-7-3-5-10(9-12)11-6-4-8-13(11)2/h3,5,7,11H,4,6,8-9H2,1-2H3/p+1. The zero-order chi connectivity index (χ0) is 9.26. The molecule has 2 rings (SSSR count). The Morgan fingerprint density at radius 3 is 3.00 bits per heavy atom. The Bertz CT molecular complexity index is 242. The summed E-state index contributed by atoms with van der Waals surface area (Å²) in [6.45, 7) is 2.45. The number of rotatable bonds is 1. The first-order chi connectivity index (χ1) is 6.27. The molecule has 2 atom stereocenters. The molecular formula is C11H19N2+. The summed E-state index contributed by atoms with van der Waals surface area (Å²) in [6.07, 6.45) is 9.43. The minimum absolute atomic E-state index is 0.722. The van der Waals surface area contributed by atoms with Crippen molar-refractivity contribution in [1.29, 1.82) is 0 Å². The van der Waals surface area contributed by atoms with E-state index in [2.05, 4.69) is 37.3 Å². The molecule has 2 unspecified atom stereocenters. The van der Waals surface area contributed by atoms with Crippen LogP contribution in [0, 0.1) is 0 Å². The number of quaternary nitrogens is 1. The predicted molar refractivity (Wildman–Crippen MR) is 54.6 cm³/mol. The third-order valence-electron chi connectivity index (χ3n) is 3.12. The topological polar surface area (TPSA) is 7.68 Å². The lowest BCUT2D eigenvalue weighted by Gasteiger charge is -2.25. The van der Waals surface area contributed by atoms with Crippen LogP contribution in [0.25, 0.3) is 0 Å². The van der Waals surface area contributed by atoms with E-state index in [1.54, 1.807) is 5.57 Å². The van der Waals surface area contributed by atoms with E-state index in [4.69, 9.17) is 0 Å². The first kappa shape index (κ1) is 8.97. The van der Waals surface area contributed by atoms with Crippen LogP contribution in [0.5, 0.6) is 0 Å². The van der Waals surface area contributed by atoms with Crippen molar-refractivity contribution >= 4 is 0 Å². The van der Waals surface area contributed by atoms with Crippen LogP contribution in [-0.4, -0.2) is 38.1 Å². The molecular weight excluding hydrogens is 160 g/mol. The van der Waals surface area contributed by atoms with Gasteiger partial charge in [-0.25, -0.2) is 0 Å². The van der Waals surface area contributed by atoms with E-state index in [-0.39, 0.29) is 0 Å². The van der Waals surface area contributed by atoms with Crippen LogP contribution in [-0.2, 0) is 0 Å². The van der Waals surface area contributed by atoms with Gasteiger partial charge in [0.25, 0.3) is 0 Å². The molecule has 13 heavy (non-hydrogen) atoms. The van der Waals surface area contributed by atoms with Gasteiger partial charge >= 0.3 is 0 Å². The van der Waals surface area contributed by atoms with Crippen molar-refractivity contribution in [2.24, 2.45) is 0 Å². The van der Waals surface area contributed by atoms with E-state index in [0.717, 1.165) is 6.04 Å². The fourth-order valence-corrected chi connectivity index (χ4v) is 2.38. The summed E-state index contributed by atoms with van der Waals surface area (Å²) in [5, 5.41) is 0. The minimum Gasteiger partial charge on any atom is -0.308 e. The van der Waals surface area contributed by atoms with Crippen LogP contribution >= 0.6 is 0 Å². The van der Waals surface area contributed by atoms with E-state index in [9.17, 15) is 0 Å². The molecule has 1 N–H and O–H groups in total. The second-order valence-corrected chi connectivity index (χ2v) is 4.26. The Balaban J connectivity index is 2.07. The Labute approximate surface area is 80.5 Å². The third-order valence-corrected chi connectivity index (χ3v) is 3.12. The second-order valence-electron chi connectivity index (χ2n) is 4.26. The summed E-state index contributed by atoms with van der Waals surface area (Å²) < 4.78 is 0. The van der Waals surface area contributed by atoms with Crippen molar-refractivity contribution in [3.63, 3.8) is 0 Å². The van der Waals surface area contributed by atoms with Gasteiger partial charge in [0.15, 0.2) is 0 Å². The van der Waals surface area contributed by atoms with Crippen molar-refractivity contribution in [3.05, 3.63) is 23.9 Å². The lowest BCUT2D eigenvalue weighted by Crippen LogP contribution is -3.05. The van der Waals surface area contributed by atoms with Crippen molar-refractivity contribution in [2.45, 2.75) is 18.9 Å². The molecule has 2 aliphatic rings. The van der Waals surface area contributed by atoms with Gasteiger partial charge in [0.2, 0.25) is 0 Å². The van der Waals surface area contributed by atoms with E-state index in [1.807, 2.05) is 0 Å². The molecule has 0 radical (unpaired) electrons. The predicted octanol–water partition coefficient (Wildman–Crippen LogP) is 0.0490. The summed E-state index contributed by atoms with van der Waals surface area (Å²) in [6, 6.07) is 0.722. The average Bonchev–Trinajstić information content (AvgIpc) is 2.51. The van der Waals surface area contributed by atoms with Gasteiger partial charge < -0.3 is 4.90 Å². The molecule has 72 valence electrons. The Morgan fingerprint density at radius 2 is 2.38 bits per heavy atom. The summed E-state index contributed by atoms with van der Waals surface area (Å²) in [7, 11) is 4.46. The lowest BCUT2D eigenvalue weighted by atomic mass is 10.0. The zero-order valence-electron chi connectivity index (χ0n) is 8.59. The molecule has 0 amide bonds. The quantitative estimate of drug-likeness (QED) is 0.597. The molecule has 0 bridgehead atoms. The van der Waals surface area contributed by atoms with Crippen molar-refractivity contribution in [3.8, 4) is 0 Å². The zero-order valence-corrected chi connectivity index (χ0v) is 8.59. The van der Waals surface area contributed by atoms with E-state index in [0.29, 0.717) is 0 Å². The SMILES string of the molecule is CN1CCCC1C1=CC=C[NH+](C)C1. The van der Waals surface area contributed by atoms with E-state index < -0.39 is 0 Å². The Morgan fingerprint density at radius 1 is 1.54 bits per heavy atom. The summed E-state index contributed by atoms with van der Waals surface area (Å²) in [4.78, 5) is 3.98. The average molecular weight is 179 g/mol. The van der Waals surface area contributed by atoms with Crippen LogP contribution in [0.15, 0.2) is 23.9 Å². The van der Waals surface area contributed by atoms with Crippen molar-refractivity contribution in [1.82, 2.24) is 4.90 Å². The van der Waals surface area contributed by atoms with Gasteiger partial charge in [-0.2, -0.15) is 0 Å². The fraction of sp³-hybridized carbons (Fsp3) is 0.636. The Hall–Kier alpha value is -0.600. The smallest absolute Gasteiger partial charge is 0.105 e. The Kier molecular flexibility index (Phi) is 2.51. The molecule has 0 saturated carbocycles. The van der Waals surface area contributed by atoms with Crippen LogP contribution in [0.4, 0.5) is 0 Å². The maximum absolute atomic E-state index is 2.48. The van der Waals surface area contributed by atoms with Gasteiger partial charge in [-0.15, -0.1) is 0 Å². The molecule has 0 aromatic carbocycles.